The molecule has 1 aliphatic heterocycles. The second-order valence-corrected chi connectivity index (χ2v) is 9.45. The summed E-state index contributed by atoms with van der Waals surface area (Å²) >= 11 is 0. The smallest absolute Gasteiger partial charge is 0.193 e. The number of rotatable bonds is 5. The number of sulfone groups is 1. The van der Waals surface area contributed by atoms with Crippen molar-refractivity contribution in [2.24, 2.45) is 15.8 Å². The number of hydrogen-bond acceptors (Lipinski definition) is 3. The number of nitrogens with one attached hydrogen (secondary N) is 1. The van der Waals surface area contributed by atoms with E-state index in [2.05, 4.69) is 29.1 Å². The molecule has 130 valence electrons. The topological polar surface area (TPSA) is 61.8 Å². The van der Waals surface area contributed by atoms with E-state index in [9.17, 15) is 8.42 Å². The van der Waals surface area contributed by atoms with Crippen LogP contribution in [0, 0.1) is 10.8 Å². The van der Waals surface area contributed by atoms with E-state index >= 15 is 0 Å². The molecule has 1 heterocycles. The highest BCUT2D eigenvalue weighted by Crippen LogP contribution is 2.46. The average Bonchev–Trinajstić information content (AvgIpc) is 3.02. The minimum Gasteiger partial charge on any atom is -0.356 e. The number of halogens is 1. The first-order valence-electron chi connectivity index (χ1n) is 7.84. The van der Waals surface area contributed by atoms with Gasteiger partial charge in [-0.3, -0.25) is 4.99 Å². The first-order valence-corrected chi connectivity index (χ1v) is 9.90. The Morgan fingerprint density at radius 1 is 1.32 bits per heavy atom. The molecule has 0 amide bonds. The van der Waals surface area contributed by atoms with Gasteiger partial charge in [0.05, 0.1) is 5.75 Å². The molecule has 7 heteroatoms. The Morgan fingerprint density at radius 2 is 1.95 bits per heavy atom. The van der Waals surface area contributed by atoms with Crippen LogP contribution < -0.4 is 5.32 Å². The fourth-order valence-corrected chi connectivity index (χ4v) is 4.70. The van der Waals surface area contributed by atoms with Crippen LogP contribution in [0.15, 0.2) is 4.99 Å². The molecule has 22 heavy (non-hydrogen) atoms. The van der Waals surface area contributed by atoms with Crippen molar-refractivity contribution in [1.82, 2.24) is 10.2 Å². The van der Waals surface area contributed by atoms with E-state index in [1.54, 1.807) is 7.05 Å². The average molecular weight is 443 g/mol. The summed E-state index contributed by atoms with van der Waals surface area (Å²) in [5.41, 5.74) is 0.318. The number of hydrogen-bond donors (Lipinski definition) is 1. The maximum atomic E-state index is 11.5. The lowest BCUT2D eigenvalue weighted by Crippen LogP contribution is -2.44. The van der Waals surface area contributed by atoms with Gasteiger partial charge in [-0.1, -0.05) is 13.8 Å². The summed E-state index contributed by atoms with van der Waals surface area (Å²) in [6.07, 6.45) is 5.69. The van der Waals surface area contributed by atoms with Crippen molar-refractivity contribution in [3.05, 3.63) is 0 Å². The SMILES string of the molecule is CCC1(C)CCN(C(=NC)NCC2(CS(C)(=O)=O)CC2)C1.I. The van der Waals surface area contributed by atoms with Crippen LogP contribution >= 0.6 is 24.0 Å². The number of likely N-dealkylation sites (tertiary alicyclic amines) is 1. The third kappa shape index (κ3) is 5.25. The van der Waals surface area contributed by atoms with E-state index in [1.807, 2.05) is 0 Å². The van der Waals surface area contributed by atoms with Gasteiger partial charge < -0.3 is 10.2 Å². The van der Waals surface area contributed by atoms with Crippen LogP contribution in [0.25, 0.3) is 0 Å². The van der Waals surface area contributed by atoms with Gasteiger partial charge >= 0.3 is 0 Å². The quantitative estimate of drug-likeness (QED) is 0.402. The highest BCUT2D eigenvalue weighted by Gasteiger charge is 2.45. The van der Waals surface area contributed by atoms with Crippen molar-refractivity contribution in [2.45, 2.75) is 39.5 Å². The van der Waals surface area contributed by atoms with Crippen LogP contribution in [0.3, 0.4) is 0 Å². The molecule has 1 unspecified atom stereocenters. The zero-order valence-corrected chi connectivity index (χ0v) is 17.3. The molecule has 2 fully saturated rings. The summed E-state index contributed by atoms with van der Waals surface area (Å²) < 4.78 is 23.0. The Balaban J connectivity index is 0.00000242. The van der Waals surface area contributed by atoms with Crippen molar-refractivity contribution in [2.75, 3.05) is 38.7 Å². The number of nitrogens with zero attached hydrogens (tertiary/aromatic N) is 2. The predicted molar refractivity (Wildman–Crippen MR) is 103 cm³/mol. The molecule has 1 saturated heterocycles. The van der Waals surface area contributed by atoms with Crippen molar-refractivity contribution in [1.29, 1.82) is 0 Å². The highest BCUT2D eigenvalue weighted by atomic mass is 127. The molecule has 0 aromatic carbocycles. The molecule has 1 atom stereocenters. The minimum absolute atomic E-state index is 0. The molecule has 1 aliphatic carbocycles. The van der Waals surface area contributed by atoms with E-state index in [1.165, 1.54) is 19.1 Å². The lowest BCUT2D eigenvalue weighted by molar-refractivity contribution is 0.321. The van der Waals surface area contributed by atoms with Gasteiger partial charge in [-0.05, 0) is 31.1 Å². The molecule has 5 nitrogen and oxygen atoms in total. The van der Waals surface area contributed by atoms with Crippen LogP contribution in [-0.4, -0.2) is 58.0 Å². The number of guanidine groups is 1. The van der Waals surface area contributed by atoms with Crippen molar-refractivity contribution in [3.63, 3.8) is 0 Å². The minimum atomic E-state index is -2.91. The molecule has 2 rings (SSSR count). The summed E-state index contributed by atoms with van der Waals surface area (Å²) in [5, 5.41) is 3.41. The molecular weight excluding hydrogens is 413 g/mol. The van der Waals surface area contributed by atoms with Gasteiger partial charge in [0.15, 0.2) is 5.96 Å². The standard InChI is InChI=1S/C15H29N3O2S.HI/c1-5-14(2)8-9-18(11-14)13(16-3)17-10-15(6-7-15)12-21(4,19)20;/h5-12H2,1-4H3,(H,16,17);1H. The van der Waals surface area contributed by atoms with E-state index in [4.69, 9.17) is 0 Å². The highest BCUT2D eigenvalue weighted by molar-refractivity contribution is 14.0. The largest absolute Gasteiger partial charge is 0.356 e. The second-order valence-electron chi connectivity index (χ2n) is 7.31. The lowest BCUT2D eigenvalue weighted by Gasteiger charge is -2.26. The Morgan fingerprint density at radius 3 is 2.36 bits per heavy atom. The summed E-state index contributed by atoms with van der Waals surface area (Å²) in [7, 11) is -1.10. The lowest BCUT2D eigenvalue weighted by atomic mass is 9.87. The van der Waals surface area contributed by atoms with Gasteiger partial charge in [0.2, 0.25) is 0 Å². The summed E-state index contributed by atoms with van der Waals surface area (Å²) in [6.45, 7) is 7.34. The van der Waals surface area contributed by atoms with Crippen molar-refractivity contribution >= 4 is 39.8 Å². The fraction of sp³-hybridized carbons (Fsp3) is 0.933. The van der Waals surface area contributed by atoms with Gasteiger partial charge in [0.1, 0.15) is 9.84 Å². The zero-order valence-electron chi connectivity index (χ0n) is 14.2. The molecule has 0 aromatic rings. The van der Waals surface area contributed by atoms with Crippen LogP contribution in [0.5, 0.6) is 0 Å². The summed E-state index contributed by atoms with van der Waals surface area (Å²) in [6, 6.07) is 0. The van der Waals surface area contributed by atoms with Gasteiger partial charge in [0, 0.05) is 38.4 Å². The Labute approximate surface area is 152 Å². The summed E-state index contributed by atoms with van der Waals surface area (Å²) in [5.74, 6) is 1.21. The predicted octanol–water partition coefficient (Wildman–Crippen LogP) is 2.13. The molecule has 0 aromatic heterocycles. The maximum Gasteiger partial charge on any atom is 0.193 e. The second kappa shape index (κ2) is 7.23. The first kappa shape index (κ1) is 20.0. The molecule has 0 bridgehead atoms. The van der Waals surface area contributed by atoms with Gasteiger partial charge in [0.25, 0.3) is 0 Å². The maximum absolute atomic E-state index is 11.5. The Bertz CT molecular complexity index is 517. The molecule has 0 radical (unpaired) electrons. The Kier molecular flexibility index (Phi) is 6.58. The van der Waals surface area contributed by atoms with E-state index in [0.717, 1.165) is 31.9 Å². The Hall–Kier alpha value is -0.0500. The molecule has 1 saturated carbocycles. The van der Waals surface area contributed by atoms with E-state index in [0.29, 0.717) is 12.0 Å². The van der Waals surface area contributed by atoms with Crippen LogP contribution in [0.2, 0.25) is 0 Å². The third-order valence-electron chi connectivity index (χ3n) is 5.07. The third-order valence-corrected chi connectivity index (χ3v) is 6.21. The van der Waals surface area contributed by atoms with Gasteiger partial charge in [-0.15, -0.1) is 24.0 Å². The number of aliphatic imine (C=N–C) groups is 1. The van der Waals surface area contributed by atoms with Gasteiger partial charge in [-0.25, -0.2) is 8.42 Å². The molecule has 2 aliphatic rings. The molecule has 0 spiro atoms. The summed E-state index contributed by atoms with van der Waals surface area (Å²) in [4.78, 5) is 6.68. The van der Waals surface area contributed by atoms with Crippen LogP contribution in [0.1, 0.15) is 39.5 Å². The van der Waals surface area contributed by atoms with E-state index < -0.39 is 9.84 Å². The van der Waals surface area contributed by atoms with Gasteiger partial charge in [-0.2, -0.15) is 0 Å². The van der Waals surface area contributed by atoms with E-state index in [-0.39, 0.29) is 35.1 Å². The molecule has 1 N–H and O–H groups in total. The fourth-order valence-electron chi connectivity index (χ4n) is 3.20. The zero-order chi connectivity index (χ0) is 15.7. The normalized spacial score (nSPS) is 27.5. The van der Waals surface area contributed by atoms with Crippen LogP contribution in [0.4, 0.5) is 0 Å². The first-order chi connectivity index (χ1) is 9.71. The molecular formula is C15H30IN3O2S. The van der Waals surface area contributed by atoms with Crippen molar-refractivity contribution < 1.29 is 8.42 Å². The van der Waals surface area contributed by atoms with Crippen LogP contribution in [-0.2, 0) is 9.84 Å². The monoisotopic (exact) mass is 443 g/mol. The van der Waals surface area contributed by atoms with Crippen molar-refractivity contribution in [3.8, 4) is 0 Å².